The van der Waals surface area contributed by atoms with Gasteiger partial charge in [0.15, 0.2) is 0 Å². The molecule has 10 heteroatoms. The van der Waals surface area contributed by atoms with E-state index in [1.807, 2.05) is 6.07 Å². The van der Waals surface area contributed by atoms with Gasteiger partial charge >= 0.3 is 6.18 Å². The van der Waals surface area contributed by atoms with E-state index < -0.39 is 22.4 Å². The van der Waals surface area contributed by atoms with E-state index in [2.05, 4.69) is 10.5 Å². The summed E-state index contributed by atoms with van der Waals surface area (Å²) in [7, 11) is 1.69. The Hall–Kier alpha value is -3.35. The highest BCUT2D eigenvalue weighted by Gasteiger charge is 2.33. The smallest absolute Gasteiger partial charge is 0.339 e. The zero-order valence-corrected chi connectivity index (χ0v) is 13.1. The number of halogens is 3. The molecular weight excluding hydrogens is 339 g/mol. The molecule has 2 rings (SSSR count). The fourth-order valence-electron chi connectivity index (χ4n) is 2.09. The molecule has 0 saturated carbocycles. The number of benzene rings is 1. The van der Waals surface area contributed by atoms with E-state index in [1.165, 1.54) is 6.21 Å². The normalized spacial score (nSPS) is 11.5. The Morgan fingerprint density at radius 1 is 1.40 bits per heavy atom. The number of hydrogen-bond donors (Lipinski definition) is 1. The molecule has 0 aliphatic heterocycles. The van der Waals surface area contributed by atoms with E-state index in [0.29, 0.717) is 17.3 Å². The van der Waals surface area contributed by atoms with Gasteiger partial charge in [-0.1, -0.05) is 0 Å². The summed E-state index contributed by atoms with van der Waals surface area (Å²) in [6.45, 7) is 1.75. The first-order valence-corrected chi connectivity index (χ1v) is 6.86. The third kappa shape index (κ3) is 3.77. The van der Waals surface area contributed by atoms with Gasteiger partial charge in [0.1, 0.15) is 17.5 Å². The van der Waals surface area contributed by atoms with Crippen LogP contribution in [0, 0.1) is 28.4 Å². The van der Waals surface area contributed by atoms with Crippen LogP contribution in [0.1, 0.15) is 22.5 Å². The van der Waals surface area contributed by atoms with Crippen LogP contribution in [0.25, 0.3) is 0 Å². The Kier molecular flexibility index (Phi) is 4.78. The molecule has 0 spiro atoms. The lowest BCUT2D eigenvalue weighted by molar-refractivity contribution is -0.384. The SMILES string of the molecule is Cc1c(/C=N/Nc2ccc(C(F)(F)F)cc2[N+](=O)[O-])cc(C#N)n1C. The number of aromatic nitrogens is 1. The molecule has 25 heavy (non-hydrogen) atoms. The van der Waals surface area contributed by atoms with Gasteiger partial charge in [-0.3, -0.25) is 15.5 Å². The van der Waals surface area contributed by atoms with Crippen molar-refractivity contribution < 1.29 is 18.1 Å². The number of nitro benzene ring substituents is 1. The third-order valence-electron chi connectivity index (χ3n) is 3.60. The average molecular weight is 351 g/mol. The van der Waals surface area contributed by atoms with E-state index >= 15 is 0 Å². The lowest BCUT2D eigenvalue weighted by Gasteiger charge is -2.08. The van der Waals surface area contributed by atoms with Gasteiger partial charge in [-0.15, -0.1) is 0 Å². The minimum Gasteiger partial charge on any atom is -0.339 e. The van der Waals surface area contributed by atoms with E-state index in [9.17, 15) is 23.3 Å². The average Bonchev–Trinajstić information content (AvgIpc) is 2.81. The van der Waals surface area contributed by atoms with Crippen LogP contribution in [-0.4, -0.2) is 15.7 Å². The van der Waals surface area contributed by atoms with Crippen LogP contribution in [0.3, 0.4) is 0 Å². The molecule has 1 aromatic heterocycles. The zero-order chi connectivity index (χ0) is 18.8. The minimum absolute atomic E-state index is 0.177. The second-order valence-electron chi connectivity index (χ2n) is 5.10. The number of nitriles is 1. The molecule has 0 aliphatic carbocycles. The highest BCUT2D eigenvalue weighted by Crippen LogP contribution is 2.34. The van der Waals surface area contributed by atoms with Crippen LogP contribution in [0.2, 0.25) is 0 Å². The number of hydrazone groups is 1. The number of hydrogen-bond acceptors (Lipinski definition) is 5. The summed E-state index contributed by atoms with van der Waals surface area (Å²) in [6.07, 6.45) is -3.35. The fraction of sp³-hybridized carbons (Fsp3) is 0.200. The van der Waals surface area contributed by atoms with Crippen LogP contribution in [-0.2, 0) is 13.2 Å². The summed E-state index contributed by atoms with van der Waals surface area (Å²) < 4.78 is 39.6. The van der Waals surface area contributed by atoms with Gasteiger partial charge in [-0.25, -0.2) is 0 Å². The lowest BCUT2D eigenvalue weighted by Crippen LogP contribution is -2.06. The van der Waals surface area contributed by atoms with Crippen LogP contribution in [0.4, 0.5) is 24.5 Å². The van der Waals surface area contributed by atoms with Gasteiger partial charge in [0.05, 0.1) is 16.7 Å². The Balaban J connectivity index is 2.29. The maximum Gasteiger partial charge on any atom is 0.416 e. The Morgan fingerprint density at radius 3 is 2.60 bits per heavy atom. The number of anilines is 1. The van der Waals surface area contributed by atoms with Crippen molar-refractivity contribution in [2.75, 3.05) is 5.43 Å². The second kappa shape index (κ2) is 6.64. The van der Waals surface area contributed by atoms with Gasteiger partial charge in [-0.05, 0) is 25.1 Å². The van der Waals surface area contributed by atoms with Gasteiger partial charge in [-0.2, -0.15) is 23.5 Å². The number of rotatable bonds is 4. The maximum absolute atomic E-state index is 12.7. The summed E-state index contributed by atoms with van der Waals surface area (Å²) in [5.74, 6) is 0. The van der Waals surface area contributed by atoms with Crippen molar-refractivity contribution in [1.82, 2.24) is 4.57 Å². The Bertz CT molecular complexity index is 894. The molecule has 0 atom stereocenters. The predicted octanol–water partition coefficient (Wildman–Crippen LogP) is 3.58. The highest BCUT2D eigenvalue weighted by atomic mass is 19.4. The lowest BCUT2D eigenvalue weighted by atomic mass is 10.1. The second-order valence-corrected chi connectivity index (χ2v) is 5.10. The molecule has 0 fully saturated rings. The highest BCUT2D eigenvalue weighted by molar-refractivity contribution is 5.83. The van der Waals surface area contributed by atoms with Crippen molar-refractivity contribution in [3.63, 3.8) is 0 Å². The van der Waals surface area contributed by atoms with Crippen LogP contribution in [0.5, 0.6) is 0 Å². The van der Waals surface area contributed by atoms with Crippen LogP contribution < -0.4 is 5.43 Å². The fourth-order valence-corrected chi connectivity index (χ4v) is 2.09. The van der Waals surface area contributed by atoms with Gasteiger partial charge < -0.3 is 4.57 Å². The molecule has 2 aromatic rings. The molecule has 0 amide bonds. The van der Waals surface area contributed by atoms with Crippen molar-refractivity contribution in [1.29, 1.82) is 5.26 Å². The maximum atomic E-state index is 12.7. The number of nitrogens with one attached hydrogen (secondary N) is 1. The Labute approximate surface area is 140 Å². The molecule has 0 radical (unpaired) electrons. The van der Waals surface area contributed by atoms with Crippen molar-refractivity contribution in [3.05, 3.63) is 56.9 Å². The third-order valence-corrected chi connectivity index (χ3v) is 3.60. The molecule has 1 N–H and O–H groups in total. The molecular formula is C15H12F3N5O2. The van der Waals surface area contributed by atoms with Crippen LogP contribution in [0.15, 0.2) is 29.4 Å². The summed E-state index contributed by atoms with van der Waals surface area (Å²) >= 11 is 0. The summed E-state index contributed by atoms with van der Waals surface area (Å²) in [5.41, 5.74) is 2.07. The van der Waals surface area contributed by atoms with Gasteiger partial charge in [0.25, 0.3) is 5.69 Å². The standard InChI is InChI=1S/C15H12F3N5O2/c1-9-10(5-12(7-19)22(9)2)8-20-21-13-4-3-11(15(16,17)18)6-14(13)23(24)25/h3-6,8,21H,1-2H3/b20-8+. The van der Waals surface area contributed by atoms with Crippen LogP contribution >= 0.6 is 0 Å². The molecule has 130 valence electrons. The van der Waals surface area contributed by atoms with E-state index in [4.69, 9.17) is 5.26 Å². The molecule has 0 bridgehead atoms. The monoisotopic (exact) mass is 351 g/mol. The van der Waals surface area contributed by atoms with Crippen molar-refractivity contribution in [3.8, 4) is 6.07 Å². The number of alkyl halides is 3. The summed E-state index contributed by atoms with van der Waals surface area (Å²) in [6, 6.07) is 5.68. The topological polar surface area (TPSA) is 96.2 Å². The quantitative estimate of drug-likeness (QED) is 0.517. The predicted molar refractivity (Wildman–Crippen MR) is 84.2 cm³/mol. The molecule has 7 nitrogen and oxygen atoms in total. The summed E-state index contributed by atoms with van der Waals surface area (Å²) in [5, 5.41) is 23.7. The van der Waals surface area contributed by atoms with Gasteiger partial charge in [0, 0.05) is 24.4 Å². The molecule has 1 aromatic carbocycles. The molecule has 0 saturated heterocycles. The number of nitro groups is 1. The van der Waals surface area contributed by atoms with E-state index in [1.54, 1.807) is 24.6 Å². The first-order chi connectivity index (χ1) is 11.6. The van der Waals surface area contributed by atoms with E-state index in [0.717, 1.165) is 17.8 Å². The number of nitrogens with zero attached hydrogens (tertiary/aromatic N) is 4. The largest absolute Gasteiger partial charge is 0.416 e. The van der Waals surface area contributed by atoms with Gasteiger partial charge in [0.2, 0.25) is 0 Å². The Morgan fingerprint density at radius 2 is 2.08 bits per heavy atom. The van der Waals surface area contributed by atoms with Crippen molar-refractivity contribution >= 4 is 17.6 Å². The summed E-state index contributed by atoms with van der Waals surface area (Å²) in [4.78, 5) is 10.1. The molecule has 0 unspecified atom stereocenters. The van der Waals surface area contributed by atoms with Crippen molar-refractivity contribution in [2.24, 2.45) is 12.1 Å². The molecule has 0 aliphatic rings. The molecule has 1 heterocycles. The van der Waals surface area contributed by atoms with E-state index in [-0.39, 0.29) is 5.69 Å². The minimum atomic E-state index is -4.68. The first kappa shape index (κ1) is 18.0. The first-order valence-electron chi connectivity index (χ1n) is 6.86. The zero-order valence-electron chi connectivity index (χ0n) is 13.1. The van der Waals surface area contributed by atoms with Crippen molar-refractivity contribution in [2.45, 2.75) is 13.1 Å².